The predicted octanol–water partition coefficient (Wildman–Crippen LogP) is 1.96. The van der Waals surface area contributed by atoms with Crippen LogP contribution in [-0.2, 0) is 0 Å². The highest BCUT2D eigenvalue weighted by Gasteiger charge is 2.34. The topological polar surface area (TPSA) is 73.8 Å². The van der Waals surface area contributed by atoms with Gasteiger partial charge in [-0.25, -0.2) is 0 Å². The van der Waals surface area contributed by atoms with Crippen LogP contribution < -0.4 is 10.6 Å². The van der Waals surface area contributed by atoms with Crippen molar-refractivity contribution in [3.05, 3.63) is 35.4 Å². The summed E-state index contributed by atoms with van der Waals surface area (Å²) in [6.45, 7) is 1.69. The number of fused-ring (bicyclic) bond motifs is 1. The minimum Gasteiger partial charge on any atom is -0.355 e. The van der Waals surface area contributed by atoms with Crippen molar-refractivity contribution in [3.8, 4) is 0 Å². The normalized spacial score (nSPS) is 19.6. The molecular formula is C17H23IN4O2S. The van der Waals surface area contributed by atoms with E-state index in [1.165, 1.54) is 23.5 Å². The predicted molar refractivity (Wildman–Crippen MR) is 112 cm³/mol. The average molecular weight is 474 g/mol. The fraction of sp³-hybridized carbons (Fsp3) is 0.471. The molecule has 8 heteroatoms. The SMILES string of the molecule is CN=C(NCCN1C(=O)c2ccccc2C1=O)NCC1CCCS1.I. The number of imide groups is 1. The molecule has 25 heavy (non-hydrogen) atoms. The van der Waals surface area contributed by atoms with Crippen LogP contribution in [0, 0.1) is 0 Å². The first kappa shape index (κ1) is 20.0. The fourth-order valence-electron chi connectivity index (χ4n) is 2.96. The number of guanidine groups is 1. The summed E-state index contributed by atoms with van der Waals surface area (Å²) in [5.74, 6) is 1.50. The summed E-state index contributed by atoms with van der Waals surface area (Å²) in [6, 6.07) is 6.95. The maximum absolute atomic E-state index is 12.3. The van der Waals surface area contributed by atoms with Crippen LogP contribution in [0.5, 0.6) is 0 Å². The second-order valence-corrected chi connectivity index (χ2v) is 7.23. The maximum atomic E-state index is 12.3. The zero-order chi connectivity index (χ0) is 16.9. The summed E-state index contributed by atoms with van der Waals surface area (Å²) in [5, 5.41) is 7.12. The molecule has 1 saturated heterocycles. The number of amides is 2. The molecule has 0 aliphatic carbocycles. The van der Waals surface area contributed by atoms with E-state index in [0.29, 0.717) is 35.4 Å². The number of carbonyl (C=O) groups is 2. The van der Waals surface area contributed by atoms with Gasteiger partial charge in [0.05, 0.1) is 11.1 Å². The molecule has 0 radical (unpaired) electrons. The number of carbonyl (C=O) groups excluding carboxylic acids is 2. The van der Waals surface area contributed by atoms with Gasteiger partial charge in [0.25, 0.3) is 11.8 Å². The average Bonchev–Trinajstić information content (AvgIpc) is 3.21. The molecule has 2 N–H and O–H groups in total. The van der Waals surface area contributed by atoms with E-state index < -0.39 is 0 Å². The molecule has 1 atom stereocenters. The van der Waals surface area contributed by atoms with E-state index in [2.05, 4.69) is 15.6 Å². The molecular weight excluding hydrogens is 451 g/mol. The molecule has 1 aromatic carbocycles. The van der Waals surface area contributed by atoms with E-state index in [0.717, 1.165) is 6.54 Å². The van der Waals surface area contributed by atoms with Crippen molar-refractivity contribution in [1.82, 2.24) is 15.5 Å². The Balaban J connectivity index is 0.00000225. The fourth-order valence-corrected chi connectivity index (χ4v) is 4.17. The first-order valence-electron chi connectivity index (χ1n) is 8.22. The highest BCUT2D eigenvalue weighted by atomic mass is 127. The Bertz CT molecular complexity index is 627. The van der Waals surface area contributed by atoms with Crippen LogP contribution in [0.2, 0.25) is 0 Å². The first-order valence-corrected chi connectivity index (χ1v) is 9.27. The largest absolute Gasteiger partial charge is 0.355 e. The molecule has 2 aliphatic heterocycles. The molecule has 1 fully saturated rings. The second kappa shape index (κ2) is 9.42. The quantitative estimate of drug-likeness (QED) is 0.296. The van der Waals surface area contributed by atoms with Crippen LogP contribution in [-0.4, -0.2) is 60.4 Å². The lowest BCUT2D eigenvalue weighted by Gasteiger charge is -2.17. The Hall–Kier alpha value is -1.29. The molecule has 1 aromatic rings. The van der Waals surface area contributed by atoms with Gasteiger partial charge in [-0.2, -0.15) is 11.8 Å². The van der Waals surface area contributed by atoms with E-state index in [1.54, 1.807) is 31.3 Å². The van der Waals surface area contributed by atoms with Gasteiger partial charge in [0.15, 0.2) is 5.96 Å². The van der Waals surface area contributed by atoms with Crippen molar-refractivity contribution in [2.24, 2.45) is 4.99 Å². The molecule has 0 bridgehead atoms. The van der Waals surface area contributed by atoms with Crippen molar-refractivity contribution in [2.45, 2.75) is 18.1 Å². The van der Waals surface area contributed by atoms with E-state index in [1.807, 2.05) is 11.8 Å². The zero-order valence-corrected chi connectivity index (χ0v) is 17.3. The maximum Gasteiger partial charge on any atom is 0.261 e. The van der Waals surface area contributed by atoms with Crippen LogP contribution in [0.15, 0.2) is 29.3 Å². The molecule has 0 aromatic heterocycles. The van der Waals surface area contributed by atoms with Gasteiger partial charge < -0.3 is 10.6 Å². The zero-order valence-electron chi connectivity index (χ0n) is 14.2. The lowest BCUT2D eigenvalue weighted by molar-refractivity contribution is 0.0657. The minimum absolute atomic E-state index is 0. The Kier molecular flexibility index (Phi) is 7.55. The number of rotatable bonds is 5. The van der Waals surface area contributed by atoms with Gasteiger partial charge in [-0.15, -0.1) is 24.0 Å². The first-order chi connectivity index (χ1) is 11.7. The molecule has 2 amide bonds. The third kappa shape index (κ3) is 4.66. The third-order valence-corrected chi connectivity index (χ3v) is 5.65. The number of halogens is 1. The Morgan fingerprint density at radius 3 is 2.48 bits per heavy atom. The lowest BCUT2D eigenvalue weighted by Crippen LogP contribution is -2.44. The number of benzene rings is 1. The van der Waals surface area contributed by atoms with Gasteiger partial charge in [0, 0.05) is 31.9 Å². The van der Waals surface area contributed by atoms with Crippen LogP contribution in [0.3, 0.4) is 0 Å². The molecule has 0 spiro atoms. The van der Waals surface area contributed by atoms with Gasteiger partial charge in [0.1, 0.15) is 0 Å². The van der Waals surface area contributed by atoms with Gasteiger partial charge in [-0.05, 0) is 30.7 Å². The highest BCUT2D eigenvalue weighted by Crippen LogP contribution is 2.25. The van der Waals surface area contributed by atoms with Crippen molar-refractivity contribution in [3.63, 3.8) is 0 Å². The van der Waals surface area contributed by atoms with Gasteiger partial charge in [-0.1, -0.05) is 12.1 Å². The third-order valence-electron chi connectivity index (χ3n) is 4.25. The van der Waals surface area contributed by atoms with Crippen molar-refractivity contribution in [1.29, 1.82) is 0 Å². The number of nitrogens with one attached hydrogen (secondary N) is 2. The number of aliphatic imine (C=N–C) groups is 1. The van der Waals surface area contributed by atoms with E-state index in [4.69, 9.17) is 0 Å². The van der Waals surface area contributed by atoms with E-state index in [-0.39, 0.29) is 35.8 Å². The molecule has 3 rings (SSSR count). The molecule has 6 nitrogen and oxygen atoms in total. The molecule has 0 saturated carbocycles. The monoisotopic (exact) mass is 474 g/mol. The Morgan fingerprint density at radius 1 is 1.24 bits per heavy atom. The summed E-state index contributed by atoms with van der Waals surface area (Å²) < 4.78 is 0. The summed E-state index contributed by atoms with van der Waals surface area (Å²) in [7, 11) is 1.72. The minimum atomic E-state index is -0.220. The number of thioether (sulfide) groups is 1. The van der Waals surface area contributed by atoms with Gasteiger partial charge in [0.2, 0.25) is 0 Å². The van der Waals surface area contributed by atoms with Crippen LogP contribution >= 0.6 is 35.7 Å². The Labute approximate surface area is 169 Å². The van der Waals surface area contributed by atoms with Crippen LogP contribution in [0.25, 0.3) is 0 Å². The number of hydrogen-bond acceptors (Lipinski definition) is 4. The lowest BCUT2D eigenvalue weighted by atomic mass is 10.1. The summed E-state index contributed by atoms with van der Waals surface area (Å²) in [4.78, 5) is 30.0. The number of nitrogens with zero attached hydrogens (tertiary/aromatic N) is 2. The van der Waals surface area contributed by atoms with E-state index in [9.17, 15) is 9.59 Å². The van der Waals surface area contributed by atoms with Crippen molar-refractivity contribution >= 4 is 53.5 Å². The Morgan fingerprint density at radius 2 is 1.92 bits per heavy atom. The summed E-state index contributed by atoms with van der Waals surface area (Å²) in [5.41, 5.74) is 0.978. The molecule has 1 unspecified atom stereocenters. The van der Waals surface area contributed by atoms with Gasteiger partial charge >= 0.3 is 0 Å². The van der Waals surface area contributed by atoms with Crippen LogP contribution in [0.1, 0.15) is 33.6 Å². The highest BCUT2D eigenvalue weighted by molar-refractivity contribution is 14.0. The molecule has 2 heterocycles. The van der Waals surface area contributed by atoms with Crippen LogP contribution in [0.4, 0.5) is 0 Å². The van der Waals surface area contributed by atoms with Crippen molar-refractivity contribution in [2.75, 3.05) is 32.4 Å². The van der Waals surface area contributed by atoms with Crippen molar-refractivity contribution < 1.29 is 9.59 Å². The standard InChI is InChI=1S/C17H22N4O2S.HI/c1-18-17(20-11-12-5-4-10-24-12)19-8-9-21-15(22)13-6-2-3-7-14(13)16(21)23;/h2-3,6-7,12H,4-5,8-11H2,1H3,(H2,18,19,20);1H. The molecule has 2 aliphatic rings. The van der Waals surface area contributed by atoms with E-state index >= 15 is 0 Å². The molecule has 136 valence electrons. The second-order valence-electron chi connectivity index (χ2n) is 5.82. The number of hydrogen-bond donors (Lipinski definition) is 2. The summed E-state index contributed by atoms with van der Waals surface area (Å²) in [6.07, 6.45) is 2.52. The smallest absolute Gasteiger partial charge is 0.261 e. The summed E-state index contributed by atoms with van der Waals surface area (Å²) >= 11 is 1.99. The van der Waals surface area contributed by atoms with Gasteiger partial charge in [-0.3, -0.25) is 19.5 Å².